The third kappa shape index (κ3) is 2.65. The van der Waals surface area contributed by atoms with Crippen LogP contribution in [0, 0.1) is 5.92 Å². The Morgan fingerprint density at radius 2 is 1.90 bits per heavy atom. The number of aromatic hydroxyl groups is 1. The van der Waals surface area contributed by atoms with Gasteiger partial charge in [0, 0.05) is 23.0 Å². The van der Waals surface area contributed by atoms with Crippen molar-refractivity contribution in [2.24, 2.45) is 5.92 Å². The molecule has 112 valence electrons. The van der Waals surface area contributed by atoms with Gasteiger partial charge in [0.15, 0.2) is 0 Å². The largest absolute Gasteiger partial charge is 0.507 e. The van der Waals surface area contributed by atoms with Gasteiger partial charge in [-0.2, -0.15) is 0 Å². The van der Waals surface area contributed by atoms with Gasteiger partial charge in [-0.25, -0.2) is 0 Å². The molecule has 1 aliphatic heterocycles. The highest BCUT2D eigenvalue weighted by atomic mass is 16.3. The van der Waals surface area contributed by atoms with E-state index in [0.29, 0.717) is 11.8 Å². The number of benzene rings is 2. The van der Waals surface area contributed by atoms with Crippen LogP contribution in [-0.4, -0.2) is 22.6 Å². The van der Waals surface area contributed by atoms with Crippen LogP contribution in [0.4, 0.5) is 0 Å². The fraction of sp³-hybridized carbons (Fsp3) is 0.474. The highest BCUT2D eigenvalue weighted by Crippen LogP contribution is 2.37. The average Bonchev–Trinajstić information content (AvgIpc) is 2.47. The first kappa shape index (κ1) is 14.4. The Labute approximate surface area is 127 Å². The Morgan fingerprint density at radius 3 is 2.67 bits per heavy atom. The lowest BCUT2D eigenvalue weighted by atomic mass is 9.90. The summed E-state index contributed by atoms with van der Waals surface area (Å²) < 4.78 is 0. The topological polar surface area (TPSA) is 23.5 Å². The molecule has 3 atom stereocenters. The minimum absolute atomic E-state index is 0.261. The van der Waals surface area contributed by atoms with E-state index in [1.54, 1.807) is 0 Å². The minimum atomic E-state index is 0.261. The van der Waals surface area contributed by atoms with Crippen LogP contribution in [0.3, 0.4) is 0 Å². The maximum atomic E-state index is 10.7. The summed E-state index contributed by atoms with van der Waals surface area (Å²) in [6.07, 6.45) is 2.50. The first-order chi connectivity index (χ1) is 10.1. The van der Waals surface area contributed by atoms with Crippen molar-refractivity contribution in [1.82, 2.24) is 4.90 Å². The number of hydrogen-bond acceptors (Lipinski definition) is 2. The van der Waals surface area contributed by atoms with Crippen molar-refractivity contribution in [3.63, 3.8) is 0 Å². The molecule has 0 bridgehead atoms. The van der Waals surface area contributed by atoms with Crippen LogP contribution in [0.1, 0.15) is 45.2 Å². The molecule has 2 nitrogen and oxygen atoms in total. The zero-order chi connectivity index (χ0) is 15.0. The van der Waals surface area contributed by atoms with Crippen LogP contribution in [0.5, 0.6) is 5.75 Å². The molecule has 2 heteroatoms. The highest BCUT2D eigenvalue weighted by Gasteiger charge is 2.28. The number of nitrogens with zero attached hydrogens (tertiary/aromatic N) is 1. The smallest absolute Gasteiger partial charge is 0.128 e. The number of likely N-dealkylation sites (tertiary alicyclic amines) is 1. The van der Waals surface area contributed by atoms with E-state index in [1.165, 1.54) is 12.8 Å². The zero-order valence-corrected chi connectivity index (χ0v) is 13.2. The number of fused-ring (bicyclic) bond motifs is 1. The molecule has 1 N–H and O–H groups in total. The van der Waals surface area contributed by atoms with Crippen LogP contribution >= 0.6 is 0 Å². The van der Waals surface area contributed by atoms with E-state index in [0.717, 1.165) is 28.8 Å². The Bertz CT molecular complexity index is 636. The van der Waals surface area contributed by atoms with Crippen LogP contribution < -0.4 is 0 Å². The number of phenols is 1. The quantitative estimate of drug-likeness (QED) is 0.861. The molecule has 21 heavy (non-hydrogen) atoms. The Hall–Kier alpha value is -1.54. The molecule has 3 rings (SSSR count). The van der Waals surface area contributed by atoms with E-state index in [2.05, 4.69) is 43.9 Å². The first-order valence-corrected chi connectivity index (χ1v) is 8.04. The van der Waals surface area contributed by atoms with Crippen molar-refractivity contribution in [2.45, 2.75) is 45.7 Å². The van der Waals surface area contributed by atoms with Gasteiger partial charge in [-0.15, -0.1) is 0 Å². The number of rotatable bonds is 2. The van der Waals surface area contributed by atoms with Crippen molar-refractivity contribution in [3.05, 3.63) is 42.0 Å². The van der Waals surface area contributed by atoms with E-state index < -0.39 is 0 Å². The molecular formula is C19H25NO. The summed E-state index contributed by atoms with van der Waals surface area (Å²) in [6, 6.07) is 13.1. The molecule has 2 aromatic carbocycles. The van der Waals surface area contributed by atoms with E-state index in [9.17, 15) is 5.11 Å². The lowest BCUT2D eigenvalue weighted by molar-refractivity contribution is 0.0884. The third-order valence-electron chi connectivity index (χ3n) is 5.07. The average molecular weight is 283 g/mol. The lowest BCUT2D eigenvalue weighted by Gasteiger charge is -2.40. The summed E-state index contributed by atoms with van der Waals surface area (Å²) in [6.45, 7) is 7.99. The molecule has 1 saturated heterocycles. The van der Waals surface area contributed by atoms with Gasteiger partial charge in [-0.1, -0.05) is 43.3 Å². The first-order valence-electron chi connectivity index (χ1n) is 8.04. The van der Waals surface area contributed by atoms with E-state index in [1.807, 2.05) is 18.2 Å². The van der Waals surface area contributed by atoms with Gasteiger partial charge < -0.3 is 5.11 Å². The second kappa shape index (κ2) is 5.69. The van der Waals surface area contributed by atoms with Crippen molar-refractivity contribution >= 4 is 10.8 Å². The Balaban J connectivity index is 1.94. The third-order valence-corrected chi connectivity index (χ3v) is 5.07. The molecule has 0 radical (unpaired) electrons. The van der Waals surface area contributed by atoms with Gasteiger partial charge in [0.2, 0.25) is 0 Å². The Kier molecular flexibility index (Phi) is 3.90. The van der Waals surface area contributed by atoms with E-state index >= 15 is 0 Å². The molecule has 1 fully saturated rings. The molecule has 3 unspecified atom stereocenters. The van der Waals surface area contributed by atoms with E-state index in [4.69, 9.17) is 0 Å². The fourth-order valence-corrected chi connectivity index (χ4v) is 3.79. The second-order valence-electron chi connectivity index (χ2n) is 6.62. The summed E-state index contributed by atoms with van der Waals surface area (Å²) in [4.78, 5) is 2.53. The molecule has 1 aliphatic rings. The highest BCUT2D eigenvalue weighted by molar-refractivity contribution is 5.89. The van der Waals surface area contributed by atoms with Crippen LogP contribution in [0.2, 0.25) is 0 Å². The molecule has 0 aliphatic carbocycles. The van der Waals surface area contributed by atoms with Gasteiger partial charge in [0.05, 0.1) is 0 Å². The predicted octanol–water partition coefficient (Wildman–Crippen LogP) is 4.73. The van der Waals surface area contributed by atoms with Gasteiger partial charge in [-0.05, 0) is 44.5 Å². The summed E-state index contributed by atoms with van der Waals surface area (Å²) >= 11 is 0. The zero-order valence-electron chi connectivity index (χ0n) is 13.2. The van der Waals surface area contributed by atoms with Crippen molar-refractivity contribution in [3.8, 4) is 5.75 Å². The number of hydrogen-bond donors (Lipinski definition) is 1. The standard InChI is InChI=1S/C19H25NO/c1-13-10-11-20(14(2)12-13)15(3)17-9-8-16-6-4-5-7-18(16)19(17)21/h4-9,13-15,21H,10-12H2,1-3H3. The second-order valence-corrected chi connectivity index (χ2v) is 6.62. The fourth-order valence-electron chi connectivity index (χ4n) is 3.79. The number of piperidine rings is 1. The normalized spacial score (nSPS) is 25.1. The summed E-state index contributed by atoms with van der Waals surface area (Å²) in [5.74, 6) is 1.26. The van der Waals surface area contributed by atoms with Crippen molar-refractivity contribution in [1.29, 1.82) is 0 Å². The van der Waals surface area contributed by atoms with Gasteiger partial charge in [0.25, 0.3) is 0 Å². The summed E-state index contributed by atoms with van der Waals surface area (Å²) in [5.41, 5.74) is 1.05. The molecule has 0 aromatic heterocycles. The molecule has 2 aromatic rings. The van der Waals surface area contributed by atoms with Crippen LogP contribution in [-0.2, 0) is 0 Å². The van der Waals surface area contributed by atoms with Crippen molar-refractivity contribution in [2.75, 3.05) is 6.54 Å². The van der Waals surface area contributed by atoms with Crippen LogP contribution in [0.25, 0.3) is 10.8 Å². The van der Waals surface area contributed by atoms with Gasteiger partial charge in [0.1, 0.15) is 5.75 Å². The molecule has 0 saturated carbocycles. The minimum Gasteiger partial charge on any atom is -0.507 e. The maximum Gasteiger partial charge on any atom is 0.128 e. The monoisotopic (exact) mass is 283 g/mol. The van der Waals surface area contributed by atoms with E-state index in [-0.39, 0.29) is 6.04 Å². The van der Waals surface area contributed by atoms with Gasteiger partial charge in [-0.3, -0.25) is 4.90 Å². The molecular weight excluding hydrogens is 258 g/mol. The SMILES string of the molecule is CC1CCN(C(C)c2ccc3ccccc3c2O)C(C)C1. The summed E-state index contributed by atoms with van der Waals surface area (Å²) in [7, 11) is 0. The maximum absolute atomic E-state index is 10.7. The lowest BCUT2D eigenvalue weighted by Crippen LogP contribution is -2.41. The molecule has 1 heterocycles. The molecule has 0 spiro atoms. The summed E-state index contributed by atoms with van der Waals surface area (Å²) in [5, 5.41) is 12.7. The van der Waals surface area contributed by atoms with Crippen molar-refractivity contribution < 1.29 is 5.11 Å². The Morgan fingerprint density at radius 1 is 1.14 bits per heavy atom. The van der Waals surface area contributed by atoms with Gasteiger partial charge >= 0.3 is 0 Å². The molecule has 0 amide bonds. The predicted molar refractivity (Wildman–Crippen MR) is 88.6 cm³/mol. The number of phenolic OH excluding ortho intramolecular Hbond substituents is 1. The van der Waals surface area contributed by atoms with Crippen LogP contribution in [0.15, 0.2) is 36.4 Å².